The summed E-state index contributed by atoms with van der Waals surface area (Å²) in [6, 6.07) is 0.244. The van der Waals surface area contributed by atoms with Crippen molar-refractivity contribution in [3.8, 4) is 0 Å². The Morgan fingerprint density at radius 2 is 1.73 bits per heavy atom. The van der Waals surface area contributed by atoms with Crippen LogP contribution in [0.3, 0.4) is 0 Å². The van der Waals surface area contributed by atoms with Crippen LogP contribution in [0.15, 0.2) is 12.7 Å². The number of hydrogen-bond donors (Lipinski definition) is 1. The quantitative estimate of drug-likeness (QED) is 0.478. The van der Waals surface area contributed by atoms with E-state index in [9.17, 15) is 0 Å². The molecule has 0 radical (unpaired) electrons. The molecule has 1 nitrogen and oxygen atoms in total. The van der Waals surface area contributed by atoms with Crippen molar-refractivity contribution in [2.75, 3.05) is 0 Å². The van der Waals surface area contributed by atoms with Crippen molar-refractivity contribution in [3.63, 3.8) is 0 Å². The van der Waals surface area contributed by atoms with Gasteiger partial charge in [-0.3, -0.25) is 0 Å². The van der Waals surface area contributed by atoms with Crippen molar-refractivity contribution in [1.29, 1.82) is 0 Å². The van der Waals surface area contributed by atoms with Gasteiger partial charge in [-0.2, -0.15) is 0 Å². The molecule has 0 aromatic carbocycles. The van der Waals surface area contributed by atoms with E-state index < -0.39 is 0 Å². The number of rotatable bonds is 2. The van der Waals surface area contributed by atoms with Crippen molar-refractivity contribution < 1.29 is 0 Å². The minimum atomic E-state index is 0.244. The zero-order valence-corrected chi connectivity index (χ0v) is 7.26. The summed E-state index contributed by atoms with van der Waals surface area (Å²) in [5.41, 5.74) is 5.90. The van der Waals surface area contributed by atoms with Gasteiger partial charge in [0, 0.05) is 6.04 Å². The molecule has 1 rings (SSSR count). The lowest BCUT2D eigenvalue weighted by molar-refractivity contribution is 0.418. The van der Waals surface area contributed by atoms with E-state index in [0.717, 1.165) is 5.92 Å². The molecule has 0 aromatic heterocycles. The normalized spacial score (nSPS) is 24.1. The van der Waals surface area contributed by atoms with Crippen LogP contribution in [0.5, 0.6) is 0 Å². The summed E-state index contributed by atoms with van der Waals surface area (Å²) in [7, 11) is 0. The largest absolute Gasteiger partial charge is 0.324 e. The van der Waals surface area contributed by atoms with Gasteiger partial charge < -0.3 is 5.73 Å². The smallest absolute Gasteiger partial charge is 0.0249 e. The summed E-state index contributed by atoms with van der Waals surface area (Å²) in [5, 5.41) is 0. The second kappa shape index (κ2) is 4.55. The molecule has 0 spiro atoms. The highest BCUT2D eigenvalue weighted by atomic mass is 14.6. The fraction of sp³-hybridized carbons (Fsp3) is 0.800. The van der Waals surface area contributed by atoms with Crippen LogP contribution in [0.2, 0.25) is 0 Å². The molecule has 1 heteroatoms. The molecule has 0 bridgehead atoms. The number of nitrogens with two attached hydrogens (primary N) is 1. The van der Waals surface area contributed by atoms with Gasteiger partial charge in [-0.25, -0.2) is 0 Å². The van der Waals surface area contributed by atoms with E-state index in [2.05, 4.69) is 6.58 Å². The second-order valence-electron chi connectivity index (χ2n) is 3.56. The molecule has 1 aliphatic rings. The molecule has 1 saturated carbocycles. The molecule has 1 aliphatic carbocycles. The van der Waals surface area contributed by atoms with Crippen molar-refractivity contribution >= 4 is 0 Å². The van der Waals surface area contributed by atoms with Gasteiger partial charge in [-0.15, -0.1) is 6.58 Å². The van der Waals surface area contributed by atoms with Crippen LogP contribution >= 0.6 is 0 Å². The van der Waals surface area contributed by atoms with E-state index in [4.69, 9.17) is 5.73 Å². The van der Waals surface area contributed by atoms with Gasteiger partial charge >= 0.3 is 0 Å². The lowest BCUT2D eigenvalue weighted by atomic mass is 9.93. The maximum Gasteiger partial charge on any atom is 0.0249 e. The molecule has 11 heavy (non-hydrogen) atoms. The summed E-state index contributed by atoms with van der Waals surface area (Å²) in [5.74, 6) is 0.718. The summed E-state index contributed by atoms with van der Waals surface area (Å²) in [6.45, 7) is 3.74. The SMILES string of the molecule is C=CC(N)C1CCCCCC1. The molecule has 0 amide bonds. The molecular formula is C10H19N. The zero-order valence-electron chi connectivity index (χ0n) is 7.26. The minimum Gasteiger partial charge on any atom is -0.324 e. The summed E-state index contributed by atoms with van der Waals surface area (Å²) in [6.07, 6.45) is 10.1. The van der Waals surface area contributed by atoms with Crippen molar-refractivity contribution in [3.05, 3.63) is 12.7 Å². The van der Waals surface area contributed by atoms with E-state index in [1.807, 2.05) is 6.08 Å². The molecular weight excluding hydrogens is 134 g/mol. The predicted octanol–water partition coefficient (Wildman–Crippen LogP) is 2.47. The highest BCUT2D eigenvalue weighted by molar-refractivity contribution is 4.88. The fourth-order valence-corrected chi connectivity index (χ4v) is 1.89. The summed E-state index contributed by atoms with van der Waals surface area (Å²) < 4.78 is 0. The molecule has 0 saturated heterocycles. The first kappa shape index (κ1) is 8.79. The first-order chi connectivity index (χ1) is 5.34. The van der Waals surface area contributed by atoms with Gasteiger partial charge in [-0.1, -0.05) is 31.8 Å². The van der Waals surface area contributed by atoms with Crippen LogP contribution in [0.25, 0.3) is 0 Å². The van der Waals surface area contributed by atoms with Crippen molar-refractivity contribution in [1.82, 2.24) is 0 Å². The number of hydrogen-bond acceptors (Lipinski definition) is 1. The van der Waals surface area contributed by atoms with Crippen LogP contribution in [-0.4, -0.2) is 6.04 Å². The Labute approximate surface area is 69.7 Å². The van der Waals surface area contributed by atoms with E-state index in [0.29, 0.717) is 0 Å². The Morgan fingerprint density at radius 3 is 2.18 bits per heavy atom. The van der Waals surface area contributed by atoms with Gasteiger partial charge in [0.15, 0.2) is 0 Å². The fourth-order valence-electron chi connectivity index (χ4n) is 1.89. The van der Waals surface area contributed by atoms with E-state index >= 15 is 0 Å². The Bertz CT molecular complexity index is 112. The van der Waals surface area contributed by atoms with Crippen LogP contribution in [-0.2, 0) is 0 Å². The lowest BCUT2D eigenvalue weighted by Crippen LogP contribution is -2.27. The van der Waals surface area contributed by atoms with E-state index in [-0.39, 0.29) is 6.04 Å². The van der Waals surface area contributed by atoms with Crippen LogP contribution < -0.4 is 5.73 Å². The van der Waals surface area contributed by atoms with Crippen LogP contribution in [0, 0.1) is 5.92 Å². The third kappa shape index (κ3) is 2.66. The van der Waals surface area contributed by atoms with Gasteiger partial charge in [0.05, 0.1) is 0 Å². The Kier molecular flexibility index (Phi) is 3.64. The van der Waals surface area contributed by atoms with Crippen molar-refractivity contribution in [2.24, 2.45) is 11.7 Å². The zero-order chi connectivity index (χ0) is 8.10. The molecule has 0 aromatic rings. The Hall–Kier alpha value is -0.300. The molecule has 0 heterocycles. The van der Waals surface area contributed by atoms with Crippen LogP contribution in [0.1, 0.15) is 38.5 Å². The Balaban J connectivity index is 2.35. The highest BCUT2D eigenvalue weighted by Crippen LogP contribution is 2.24. The van der Waals surface area contributed by atoms with E-state index in [1.54, 1.807) is 0 Å². The maximum atomic E-state index is 5.90. The third-order valence-electron chi connectivity index (χ3n) is 2.72. The maximum absolute atomic E-state index is 5.90. The molecule has 64 valence electrons. The standard InChI is InChI=1S/C10H19N/c1-2-10(11)9-7-5-3-4-6-8-9/h2,9-10H,1,3-8,11H2. The van der Waals surface area contributed by atoms with Gasteiger partial charge in [0.1, 0.15) is 0 Å². The highest BCUT2D eigenvalue weighted by Gasteiger charge is 2.16. The second-order valence-corrected chi connectivity index (χ2v) is 3.56. The van der Waals surface area contributed by atoms with Crippen molar-refractivity contribution in [2.45, 2.75) is 44.6 Å². The lowest BCUT2D eigenvalue weighted by Gasteiger charge is -2.18. The first-order valence-corrected chi connectivity index (χ1v) is 4.72. The molecule has 0 aliphatic heterocycles. The average molecular weight is 153 g/mol. The minimum absolute atomic E-state index is 0.244. The van der Waals surface area contributed by atoms with Gasteiger partial charge in [-0.05, 0) is 18.8 Å². The average Bonchev–Trinajstić information content (AvgIpc) is 2.30. The summed E-state index contributed by atoms with van der Waals surface area (Å²) >= 11 is 0. The predicted molar refractivity (Wildman–Crippen MR) is 49.4 cm³/mol. The van der Waals surface area contributed by atoms with Gasteiger partial charge in [0.25, 0.3) is 0 Å². The van der Waals surface area contributed by atoms with E-state index in [1.165, 1.54) is 38.5 Å². The summed E-state index contributed by atoms with van der Waals surface area (Å²) in [4.78, 5) is 0. The third-order valence-corrected chi connectivity index (χ3v) is 2.72. The van der Waals surface area contributed by atoms with Crippen LogP contribution in [0.4, 0.5) is 0 Å². The first-order valence-electron chi connectivity index (χ1n) is 4.72. The van der Waals surface area contributed by atoms with Gasteiger partial charge in [0.2, 0.25) is 0 Å². The topological polar surface area (TPSA) is 26.0 Å². The molecule has 1 unspecified atom stereocenters. The monoisotopic (exact) mass is 153 g/mol. The molecule has 2 N–H and O–H groups in total. The Morgan fingerprint density at radius 1 is 1.18 bits per heavy atom. The molecule has 1 fully saturated rings. The molecule has 1 atom stereocenters.